The van der Waals surface area contributed by atoms with E-state index in [0.717, 1.165) is 29.9 Å². The second-order valence-corrected chi connectivity index (χ2v) is 7.28. The Labute approximate surface area is 176 Å². The summed E-state index contributed by atoms with van der Waals surface area (Å²) in [5.41, 5.74) is 1.02. The van der Waals surface area contributed by atoms with Crippen molar-refractivity contribution in [2.45, 2.75) is 63.8 Å². The standard InChI is InChI=1S/C25H36O4/c1-5-6-7-8-9-13-19-23(25(26-2,27-3)28-4)22-18-14-15-20-24(22)29-21-16-11-10-12-17-21/h10-12,14-18,20,23H,5-9,13,19H2,1-4H3. The van der Waals surface area contributed by atoms with Gasteiger partial charge in [0.15, 0.2) is 0 Å². The van der Waals surface area contributed by atoms with Gasteiger partial charge in [-0.3, -0.25) is 0 Å². The summed E-state index contributed by atoms with van der Waals surface area (Å²) >= 11 is 0. The van der Waals surface area contributed by atoms with Crippen LogP contribution < -0.4 is 4.74 Å². The van der Waals surface area contributed by atoms with Gasteiger partial charge in [0.25, 0.3) is 5.97 Å². The highest BCUT2D eigenvalue weighted by Crippen LogP contribution is 2.42. The van der Waals surface area contributed by atoms with E-state index < -0.39 is 5.97 Å². The summed E-state index contributed by atoms with van der Waals surface area (Å²) in [6.45, 7) is 2.24. The molecule has 0 radical (unpaired) electrons. The van der Waals surface area contributed by atoms with Gasteiger partial charge in [0.05, 0.1) is 5.92 Å². The molecular weight excluding hydrogens is 364 g/mol. The highest BCUT2D eigenvalue weighted by Gasteiger charge is 2.42. The molecule has 4 nitrogen and oxygen atoms in total. The maximum atomic E-state index is 6.21. The molecule has 2 rings (SSSR count). The quantitative estimate of drug-likeness (QED) is 0.255. The van der Waals surface area contributed by atoms with Crippen molar-refractivity contribution in [3.05, 3.63) is 60.2 Å². The Hall–Kier alpha value is -1.88. The van der Waals surface area contributed by atoms with Crippen LogP contribution in [0.4, 0.5) is 0 Å². The molecule has 160 valence electrons. The van der Waals surface area contributed by atoms with Crippen LogP contribution in [0.1, 0.15) is 63.4 Å². The topological polar surface area (TPSA) is 36.9 Å². The Balaban J connectivity index is 2.25. The second-order valence-electron chi connectivity index (χ2n) is 7.28. The summed E-state index contributed by atoms with van der Waals surface area (Å²) in [4.78, 5) is 0. The van der Waals surface area contributed by atoms with Gasteiger partial charge in [-0.25, -0.2) is 0 Å². The van der Waals surface area contributed by atoms with Crippen molar-refractivity contribution in [2.75, 3.05) is 21.3 Å². The van der Waals surface area contributed by atoms with Crippen molar-refractivity contribution in [2.24, 2.45) is 0 Å². The summed E-state index contributed by atoms with van der Waals surface area (Å²) in [6.07, 6.45) is 8.25. The van der Waals surface area contributed by atoms with Gasteiger partial charge in [-0.1, -0.05) is 81.8 Å². The van der Waals surface area contributed by atoms with Crippen LogP contribution in [0.15, 0.2) is 54.6 Å². The Kier molecular flexibility index (Phi) is 10.2. The Morgan fingerprint density at radius 3 is 1.97 bits per heavy atom. The van der Waals surface area contributed by atoms with Crippen molar-refractivity contribution < 1.29 is 18.9 Å². The van der Waals surface area contributed by atoms with Crippen LogP contribution in [0.3, 0.4) is 0 Å². The minimum atomic E-state index is -1.15. The molecule has 0 heterocycles. The van der Waals surface area contributed by atoms with Gasteiger partial charge < -0.3 is 18.9 Å². The molecule has 1 unspecified atom stereocenters. The lowest BCUT2D eigenvalue weighted by Gasteiger charge is -2.37. The van der Waals surface area contributed by atoms with E-state index in [1.807, 2.05) is 48.5 Å². The SMILES string of the molecule is CCCCCCCCC(c1ccccc1Oc1ccccc1)C(OC)(OC)OC. The van der Waals surface area contributed by atoms with E-state index >= 15 is 0 Å². The molecule has 0 N–H and O–H groups in total. The predicted octanol–water partition coefficient (Wildman–Crippen LogP) is 6.91. The van der Waals surface area contributed by atoms with Crippen molar-refractivity contribution in [3.8, 4) is 11.5 Å². The van der Waals surface area contributed by atoms with E-state index in [2.05, 4.69) is 13.0 Å². The van der Waals surface area contributed by atoms with Crippen molar-refractivity contribution >= 4 is 0 Å². The molecule has 0 aliphatic carbocycles. The Morgan fingerprint density at radius 1 is 0.724 bits per heavy atom. The van der Waals surface area contributed by atoms with Crippen LogP contribution in [-0.2, 0) is 14.2 Å². The van der Waals surface area contributed by atoms with Gasteiger partial charge in [-0.15, -0.1) is 0 Å². The maximum Gasteiger partial charge on any atom is 0.289 e. The van der Waals surface area contributed by atoms with Crippen LogP contribution in [0.5, 0.6) is 11.5 Å². The zero-order chi connectivity index (χ0) is 21.0. The molecule has 0 saturated heterocycles. The van der Waals surface area contributed by atoms with Crippen molar-refractivity contribution in [1.29, 1.82) is 0 Å². The van der Waals surface area contributed by atoms with Crippen LogP contribution in [0.25, 0.3) is 0 Å². The zero-order valence-corrected chi connectivity index (χ0v) is 18.4. The average Bonchev–Trinajstić information content (AvgIpc) is 2.77. The van der Waals surface area contributed by atoms with Gasteiger partial charge in [0.1, 0.15) is 11.5 Å². The van der Waals surface area contributed by atoms with Crippen molar-refractivity contribution in [1.82, 2.24) is 0 Å². The first-order chi connectivity index (χ1) is 14.2. The fourth-order valence-corrected chi connectivity index (χ4v) is 3.81. The Bertz CT molecular complexity index is 674. The number of rotatable bonds is 14. The van der Waals surface area contributed by atoms with Crippen LogP contribution in [-0.4, -0.2) is 27.3 Å². The largest absolute Gasteiger partial charge is 0.457 e. The molecule has 0 aliphatic rings. The molecule has 0 spiro atoms. The molecule has 2 aromatic rings. The number of para-hydroxylation sites is 2. The summed E-state index contributed by atoms with van der Waals surface area (Å²) in [6, 6.07) is 17.9. The molecule has 0 bridgehead atoms. The maximum absolute atomic E-state index is 6.21. The lowest BCUT2D eigenvalue weighted by atomic mass is 9.89. The Morgan fingerprint density at radius 2 is 1.31 bits per heavy atom. The predicted molar refractivity (Wildman–Crippen MR) is 117 cm³/mol. The monoisotopic (exact) mass is 400 g/mol. The number of unbranched alkanes of at least 4 members (excludes halogenated alkanes) is 5. The van der Waals surface area contributed by atoms with Crippen LogP contribution in [0.2, 0.25) is 0 Å². The third kappa shape index (κ3) is 6.56. The molecule has 0 amide bonds. The summed E-state index contributed by atoms with van der Waals surface area (Å²) in [7, 11) is 4.88. The van der Waals surface area contributed by atoms with Crippen LogP contribution >= 0.6 is 0 Å². The van der Waals surface area contributed by atoms with Gasteiger partial charge in [0, 0.05) is 26.9 Å². The molecule has 0 aromatic heterocycles. The minimum Gasteiger partial charge on any atom is -0.457 e. The number of hydrogen-bond acceptors (Lipinski definition) is 4. The summed E-state index contributed by atoms with van der Waals surface area (Å²) < 4.78 is 23.5. The zero-order valence-electron chi connectivity index (χ0n) is 18.4. The summed E-state index contributed by atoms with van der Waals surface area (Å²) in [5.74, 6) is 0.328. The molecular formula is C25H36O4. The van der Waals surface area contributed by atoms with E-state index in [-0.39, 0.29) is 5.92 Å². The van der Waals surface area contributed by atoms with E-state index in [0.29, 0.717) is 0 Å². The van der Waals surface area contributed by atoms with Gasteiger partial charge in [0.2, 0.25) is 0 Å². The highest BCUT2D eigenvalue weighted by molar-refractivity contribution is 5.40. The van der Waals surface area contributed by atoms with Gasteiger partial charge >= 0.3 is 0 Å². The number of ether oxygens (including phenoxy) is 4. The number of hydrogen-bond donors (Lipinski definition) is 0. The highest BCUT2D eigenvalue weighted by atomic mass is 16.9. The van der Waals surface area contributed by atoms with Gasteiger partial charge in [-0.05, 0) is 24.6 Å². The molecule has 0 fully saturated rings. The molecule has 0 saturated carbocycles. The number of benzene rings is 2. The van der Waals surface area contributed by atoms with E-state index in [4.69, 9.17) is 18.9 Å². The fraction of sp³-hybridized carbons (Fsp3) is 0.520. The molecule has 0 aliphatic heterocycles. The fourth-order valence-electron chi connectivity index (χ4n) is 3.81. The first kappa shape index (κ1) is 23.4. The molecule has 29 heavy (non-hydrogen) atoms. The van der Waals surface area contributed by atoms with E-state index in [1.54, 1.807) is 21.3 Å². The lowest BCUT2D eigenvalue weighted by Crippen LogP contribution is -2.42. The van der Waals surface area contributed by atoms with E-state index in [9.17, 15) is 0 Å². The lowest BCUT2D eigenvalue weighted by molar-refractivity contribution is -0.365. The third-order valence-electron chi connectivity index (χ3n) is 5.39. The molecule has 4 heteroatoms. The summed E-state index contributed by atoms with van der Waals surface area (Å²) in [5, 5.41) is 0. The average molecular weight is 401 g/mol. The van der Waals surface area contributed by atoms with Gasteiger partial charge in [-0.2, -0.15) is 0 Å². The first-order valence-corrected chi connectivity index (χ1v) is 10.7. The normalized spacial score (nSPS) is 12.7. The van der Waals surface area contributed by atoms with Crippen LogP contribution in [0, 0.1) is 0 Å². The van der Waals surface area contributed by atoms with E-state index in [1.165, 1.54) is 32.1 Å². The first-order valence-electron chi connectivity index (χ1n) is 10.7. The molecule has 2 aromatic carbocycles. The third-order valence-corrected chi connectivity index (χ3v) is 5.39. The number of methoxy groups -OCH3 is 3. The molecule has 1 atom stereocenters. The minimum absolute atomic E-state index is 0.117. The smallest absolute Gasteiger partial charge is 0.289 e. The second kappa shape index (κ2) is 12.6. The van der Waals surface area contributed by atoms with Crippen molar-refractivity contribution in [3.63, 3.8) is 0 Å².